The summed E-state index contributed by atoms with van der Waals surface area (Å²) in [6, 6.07) is 4.75. The molecule has 34 heavy (non-hydrogen) atoms. The van der Waals surface area contributed by atoms with E-state index in [4.69, 9.17) is 21.1 Å². The summed E-state index contributed by atoms with van der Waals surface area (Å²) in [7, 11) is 0. The zero-order valence-corrected chi connectivity index (χ0v) is 18.8. The van der Waals surface area contributed by atoms with Crippen molar-refractivity contribution in [3.8, 4) is 5.75 Å². The molecule has 13 heteroatoms. The van der Waals surface area contributed by atoms with Crippen LogP contribution in [0.5, 0.6) is 5.75 Å². The van der Waals surface area contributed by atoms with E-state index in [0.717, 1.165) is 0 Å². The minimum atomic E-state index is -4.69. The molecule has 3 atom stereocenters. The van der Waals surface area contributed by atoms with E-state index in [1.807, 2.05) is 0 Å². The number of carbonyl (C=O) groups is 2. The van der Waals surface area contributed by atoms with E-state index in [1.165, 1.54) is 0 Å². The first-order valence-corrected chi connectivity index (χ1v) is 11.1. The summed E-state index contributed by atoms with van der Waals surface area (Å²) in [6.07, 6.45) is -8.56. The molecule has 1 fully saturated rings. The lowest BCUT2D eigenvalue weighted by Crippen LogP contribution is -2.44. The molecule has 1 heterocycles. The Morgan fingerprint density at radius 1 is 1.21 bits per heavy atom. The van der Waals surface area contributed by atoms with Crippen LogP contribution in [-0.2, 0) is 19.1 Å². The third kappa shape index (κ3) is 7.98. The summed E-state index contributed by atoms with van der Waals surface area (Å²) in [5, 5.41) is 25.7. The van der Waals surface area contributed by atoms with Gasteiger partial charge in [0.2, 0.25) is 5.91 Å². The quantitative estimate of drug-likeness (QED) is 0.376. The second-order valence-corrected chi connectivity index (χ2v) is 8.60. The van der Waals surface area contributed by atoms with Crippen LogP contribution in [0.2, 0.25) is 5.02 Å². The molecule has 0 aromatic heterocycles. The molecule has 0 radical (unpaired) electrons. The maximum atomic E-state index is 12.3. The van der Waals surface area contributed by atoms with Gasteiger partial charge in [-0.2, -0.15) is 0 Å². The van der Waals surface area contributed by atoms with E-state index >= 15 is 0 Å². The van der Waals surface area contributed by atoms with Gasteiger partial charge in [0.1, 0.15) is 12.4 Å². The highest BCUT2D eigenvalue weighted by atomic mass is 35.5. The summed E-state index contributed by atoms with van der Waals surface area (Å²) in [5.41, 5.74) is 0.512. The number of amides is 2. The van der Waals surface area contributed by atoms with Gasteiger partial charge in [-0.3, -0.25) is 14.3 Å². The molecule has 9 nitrogen and oxygen atoms in total. The monoisotopic (exact) mass is 510 g/mol. The lowest BCUT2D eigenvalue weighted by Gasteiger charge is -2.34. The summed E-state index contributed by atoms with van der Waals surface area (Å²) in [4.78, 5) is 24.1. The fourth-order valence-electron chi connectivity index (χ4n) is 3.57. The van der Waals surface area contributed by atoms with Crippen LogP contribution in [0.15, 0.2) is 18.2 Å². The van der Waals surface area contributed by atoms with Crippen molar-refractivity contribution in [1.29, 1.82) is 0 Å². The SMILES string of the molecule is O=C(COC1CC(OC(F)(F)F)C1)NC[C@@H](O)CCNC(=O)[C@@H]1C[C@@H](O)c2cc(Cl)ccc2O1. The van der Waals surface area contributed by atoms with Crippen molar-refractivity contribution in [3.63, 3.8) is 0 Å². The lowest BCUT2D eigenvalue weighted by atomic mass is 9.92. The van der Waals surface area contributed by atoms with Crippen molar-refractivity contribution in [2.24, 2.45) is 0 Å². The Balaban J connectivity index is 1.26. The van der Waals surface area contributed by atoms with E-state index in [1.54, 1.807) is 18.2 Å². The second-order valence-electron chi connectivity index (χ2n) is 8.17. The van der Waals surface area contributed by atoms with Gasteiger partial charge in [0.15, 0.2) is 6.10 Å². The van der Waals surface area contributed by atoms with Gasteiger partial charge < -0.3 is 30.3 Å². The predicted octanol–water partition coefficient (Wildman–Crippen LogP) is 1.59. The fourth-order valence-corrected chi connectivity index (χ4v) is 3.75. The Morgan fingerprint density at radius 2 is 1.94 bits per heavy atom. The van der Waals surface area contributed by atoms with Crippen molar-refractivity contribution in [3.05, 3.63) is 28.8 Å². The van der Waals surface area contributed by atoms with Crippen molar-refractivity contribution in [2.45, 2.75) is 62.6 Å². The number of alkyl halides is 3. The molecule has 1 saturated carbocycles. The summed E-state index contributed by atoms with van der Waals surface area (Å²) in [5.74, 6) is -0.595. The average Bonchev–Trinajstić information content (AvgIpc) is 2.73. The number of aliphatic hydroxyl groups excluding tert-OH is 2. The van der Waals surface area contributed by atoms with Crippen LogP contribution in [0.4, 0.5) is 13.2 Å². The molecule has 2 amide bonds. The van der Waals surface area contributed by atoms with Crippen LogP contribution in [-0.4, -0.2) is 72.5 Å². The number of nitrogens with one attached hydrogen (secondary N) is 2. The Morgan fingerprint density at radius 3 is 2.65 bits per heavy atom. The summed E-state index contributed by atoms with van der Waals surface area (Å²) < 4.78 is 50.8. The number of fused-ring (bicyclic) bond motifs is 1. The van der Waals surface area contributed by atoms with Crippen LogP contribution in [0.25, 0.3) is 0 Å². The van der Waals surface area contributed by atoms with E-state index in [0.29, 0.717) is 16.3 Å². The lowest BCUT2D eigenvalue weighted by molar-refractivity contribution is -0.357. The first kappa shape index (κ1) is 26.5. The molecule has 0 unspecified atom stereocenters. The number of carbonyl (C=O) groups excluding carboxylic acids is 2. The average molecular weight is 511 g/mol. The maximum absolute atomic E-state index is 12.3. The van der Waals surface area contributed by atoms with E-state index in [-0.39, 0.29) is 45.4 Å². The van der Waals surface area contributed by atoms with Crippen LogP contribution < -0.4 is 15.4 Å². The van der Waals surface area contributed by atoms with Crippen LogP contribution in [0.3, 0.4) is 0 Å². The topological polar surface area (TPSA) is 126 Å². The zero-order valence-electron chi connectivity index (χ0n) is 18.0. The smallest absolute Gasteiger partial charge is 0.480 e. The van der Waals surface area contributed by atoms with E-state index < -0.39 is 48.7 Å². The molecule has 1 aliphatic carbocycles. The molecule has 1 aromatic rings. The normalized spacial score (nSPS) is 24.9. The Kier molecular flexibility index (Phi) is 8.99. The Bertz CT molecular complexity index is 867. The highest BCUT2D eigenvalue weighted by Crippen LogP contribution is 2.36. The molecule has 3 rings (SSSR count). The molecule has 4 N–H and O–H groups in total. The number of hydrogen-bond donors (Lipinski definition) is 4. The van der Waals surface area contributed by atoms with E-state index in [2.05, 4.69) is 15.4 Å². The molecule has 0 saturated heterocycles. The second kappa shape index (κ2) is 11.5. The highest BCUT2D eigenvalue weighted by Gasteiger charge is 2.40. The van der Waals surface area contributed by atoms with Crippen LogP contribution in [0, 0.1) is 0 Å². The van der Waals surface area contributed by atoms with Gasteiger partial charge in [-0.05, 0) is 24.6 Å². The largest absolute Gasteiger partial charge is 0.522 e. The van der Waals surface area contributed by atoms with Gasteiger partial charge in [-0.15, -0.1) is 13.2 Å². The molecule has 0 bridgehead atoms. The molecule has 1 aliphatic heterocycles. The van der Waals surface area contributed by atoms with Crippen molar-refractivity contribution < 1.29 is 47.2 Å². The first-order chi connectivity index (χ1) is 16.0. The van der Waals surface area contributed by atoms with Crippen molar-refractivity contribution in [1.82, 2.24) is 10.6 Å². The third-order valence-electron chi connectivity index (χ3n) is 5.44. The van der Waals surface area contributed by atoms with Crippen molar-refractivity contribution in [2.75, 3.05) is 19.7 Å². The molecule has 0 spiro atoms. The standard InChI is InChI=1S/C21H26ClF3N2O7/c22-11-1-2-17-15(5-11)16(29)8-18(33-17)20(31)26-4-3-12(28)9-27-19(30)10-32-13-6-14(7-13)34-21(23,24)25/h1-2,5,12-14,16,18,28-29H,3-4,6-10H2,(H,26,31)(H,27,30)/t12-,13?,14?,16+,18-/m0/s1. The third-order valence-corrected chi connectivity index (χ3v) is 5.68. The van der Waals surface area contributed by atoms with Crippen LogP contribution >= 0.6 is 11.6 Å². The van der Waals surface area contributed by atoms with E-state index in [9.17, 15) is 33.0 Å². The number of halogens is 4. The highest BCUT2D eigenvalue weighted by molar-refractivity contribution is 6.30. The van der Waals surface area contributed by atoms with Gasteiger partial charge in [0.05, 0.1) is 24.4 Å². The fraction of sp³-hybridized carbons (Fsp3) is 0.619. The summed E-state index contributed by atoms with van der Waals surface area (Å²) in [6.45, 7) is -0.325. The number of hydrogen-bond acceptors (Lipinski definition) is 7. The maximum Gasteiger partial charge on any atom is 0.522 e. The number of benzene rings is 1. The molecule has 2 aliphatic rings. The van der Waals surface area contributed by atoms with Crippen LogP contribution in [0.1, 0.15) is 37.4 Å². The number of ether oxygens (including phenoxy) is 3. The first-order valence-electron chi connectivity index (χ1n) is 10.7. The summed E-state index contributed by atoms with van der Waals surface area (Å²) >= 11 is 5.91. The van der Waals surface area contributed by atoms with Gasteiger partial charge in [0, 0.05) is 42.9 Å². The zero-order chi connectivity index (χ0) is 24.9. The van der Waals surface area contributed by atoms with Gasteiger partial charge in [-0.25, -0.2) is 0 Å². The molecular weight excluding hydrogens is 485 g/mol. The Hall–Kier alpha value is -2.12. The predicted molar refractivity (Wildman–Crippen MR) is 112 cm³/mol. The number of rotatable bonds is 10. The minimum Gasteiger partial charge on any atom is -0.480 e. The Labute approximate surface area is 198 Å². The molecule has 190 valence electrons. The van der Waals surface area contributed by atoms with Gasteiger partial charge >= 0.3 is 6.36 Å². The number of aliphatic hydroxyl groups is 2. The minimum absolute atomic E-state index is 0.0518. The molecular formula is C21H26ClF3N2O7. The van der Waals surface area contributed by atoms with Gasteiger partial charge in [0.25, 0.3) is 5.91 Å². The van der Waals surface area contributed by atoms with Gasteiger partial charge in [-0.1, -0.05) is 11.6 Å². The molecule has 1 aromatic carbocycles. The van der Waals surface area contributed by atoms with Crippen molar-refractivity contribution >= 4 is 23.4 Å².